The summed E-state index contributed by atoms with van der Waals surface area (Å²) in [6.45, 7) is 2.12. The highest BCUT2D eigenvalue weighted by atomic mass is 32.2. The molecule has 0 saturated heterocycles. The number of thioether (sulfide) groups is 1. The summed E-state index contributed by atoms with van der Waals surface area (Å²) >= 11 is 1.88. The fourth-order valence-electron chi connectivity index (χ4n) is 2.93. The molecule has 0 aliphatic carbocycles. The Labute approximate surface area is 146 Å². The van der Waals surface area contributed by atoms with Crippen LogP contribution in [0, 0.1) is 6.92 Å². The number of hydrogen-bond donors (Lipinski definition) is 1. The molecule has 0 unspecified atom stereocenters. The minimum Gasteiger partial charge on any atom is -0.399 e. The molecule has 0 spiro atoms. The average molecular weight is 329 g/mol. The van der Waals surface area contributed by atoms with E-state index in [0.29, 0.717) is 0 Å². The second kappa shape index (κ2) is 6.21. The zero-order chi connectivity index (χ0) is 16.5. The maximum absolute atomic E-state index is 5.89. The number of benzene rings is 4. The van der Waals surface area contributed by atoms with Gasteiger partial charge in [0.25, 0.3) is 0 Å². The third-order valence-corrected chi connectivity index (χ3v) is 5.38. The third-order valence-electron chi connectivity index (χ3n) is 4.32. The van der Waals surface area contributed by atoms with Crippen LogP contribution in [0.3, 0.4) is 0 Å². The number of nitrogen functional groups attached to an aromatic ring is 1. The monoisotopic (exact) mass is 329 g/mol. The summed E-state index contributed by atoms with van der Waals surface area (Å²) in [4.78, 5) is 1.30. The predicted molar refractivity (Wildman–Crippen MR) is 107 cm³/mol. The molecule has 2 heteroatoms. The van der Waals surface area contributed by atoms with Crippen LogP contribution in [0.4, 0.5) is 5.69 Å². The lowest BCUT2D eigenvalue weighted by molar-refractivity contribution is 1.35. The van der Waals surface area contributed by atoms with Gasteiger partial charge in [-0.05, 0) is 70.4 Å². The molecule has 0 aromatic heterocycles. The van der Waals surface area contributed by atoms with Crippen molar-refractivity contribution < 1.29 is 0 Å². The van der Waals surface area contributed by atoms with Gasteiger partial charge in [-0.3, -0.25) is 0 Å². The zero-order valence-corrected chi connectivity index (χ0v) is 14.4. The van der Waals surface area contributed by atoms with Gasteiger partial charge >= 0.3 is 0 Å². The van der Waals surface area contributed by atoms with Gasteiger partial charge < -0.3 is 5.73 Å². The lowest BCUT2D eigenvalue weighted by Gasteiger charge is -2.07. The van der Waals surface area contributed by atoms with Crippen LogP contribution < -0.4 is 5.73 Å². The van der Waals surface area contributed by atoms with Crippen LogP contribution in [-0.2, 0) is 5.75 Å². The first-order chi connectivity index (χ1) is 11.7. The molecule has 4 rings (SSSR count). The van der Waals surface area contributed by atoms with Crippen molar-refractivity contribution in [1.29, 1.82) is 0 Å². The van der Waals surface area contributed by atoms with Crippen LogP contribution in [0.5, 0.6) is 0 Å². The predicted octanol–water partition coefficient (Wildman–Crippen LogP) is 6.18. The second-order valence-corrected chi connectivity index (χ2v) is 7.29. The topological polar surface area (TPSA) is 26.0 Å². The molecule has 0 fully saturated rings. The fourth-order valence-corrected chi connectivity index (χ4v) is 3.84. The Hall–Kier alpha value is -2.45. The van der Waals surface area contributed by atoms with E-state index >= 15 is 0 Å². The van der Waals surface area contributed by atoms with Crippen LogP contribution in [0.15, 0.2) is 77.7 Å². The zero-order valence-electron chi connectivity index (χ0n) is 13.6. The van der Waals surface area contributed by atoms with Crippen LogP contribution in [0.25, 0.3) is 21.5 Å². The molecule has 1 nitrogen and oxygen atoms in total. The lowest BCUT2D eigenvalue weighted by atomic mass is 10.0. The Morgan fingerprint density at radius 3 is 2.12 bits per heavy atom. The molecule has 4 aromatic carbocycles. The molecule has 0 saturated carbocycles. The minimum absolute atomic E-state index is 0.812. The van der Waals surface area contributed by atoms with Crippen molar-refractivity contribution in [2.45, 2.75) is 17.6 Å². The first kappa shape index (κ1) is 15.1. The van der Waals surface area contributed by atoms with Crippen molar-refractivity contribution in [3.8, 4) is 0 Å². The molecule has 0 bridgehead atoms. The van der Waals surface area contributed by atoms with Gasteiger partial charge in [-0.25, -0.2) is 0 Å². The van der Waals surface area contributed by atoms with E-state index in [1.807, 2.05) is 23.9 Å². The van der Waals surface area contributed by atoms with E-state index < -0.39 is 0 Å². The average Bonchev–Trinajstić information content (AvgIpc) is 2.59. The normalized spacial score (nSPS) is 11.2. The van der Waals surface area contributed by atoms with Crippen molar-refractivity contribution in [1.82, 2.24) is 0 Å². The highest BCUT2D eigenvalue weighted by molar-refractivity contribution is 7.98. The highest BCUT2D eigenvalue weighted by Gasteiger charge is 2.02. The van der Waals surface area contributed by atoms with Crippen molar-refractivity contribution in [3.63, 3.8) is 0 Å². The molecular weight excluding hydrogens is 310 g/mol. The summed E-state index contributed by atoms with van der Waals surface area (Å²) in [5.74, 6) is 0.996. The van der Waals surface area contributed by atoms with Gasteiger partial charge in [0.05, 0.1) is 0 Å². The molecule has 118 valence electrons. The number of fused-ring (bicyclic) bond motifs is 2. The summed E-state index contributed by atoms with van der Waals surface area (Å²) in [5.41, 5.74) is 9.37. The quantitative estimate of drug-likeness (QED) is 0.276. The Kier molecular flexibility index (Phi) is 3.91. The molecule has 0 atom stereocenters. The van der Waals surface area contributed by atoms with Gasteiger partial charge in [-0.2, -0.15) is 0 Å². The summed E-state index contributed by atoms with van der Waals surface area (Å²) in [5, 5.41) is 4.97. The van der Waals surface area contributed by atoms with E-state index in [0.717, 1.165) is 11.4 Å². The minimum atomic E-state index is 0.812. The molecule has 2 N–H and O–H groups in total. The molecule has 0 aliphatic heterocycles. The van der Waals surface area contributed by atoms with Gasteiger partial charge in [0.1, 0.15) is 0 Å². The van der Waals surface area contributed by atoms with Gasteiger partial charge in [-0.1, -0.05) is 42.0 Å². The third kappa shape index (κ3) is 3.10. The summed E-state index contributed by atoms with van der Waals surface area (Å²) < 4.78 is 0. The molecule has 0 aliphatic rings. The number of hydrogen-bond acceptors (Lipinski definition) is 2. The van der Waals surface area contributed by atoms with Crippen molar-refractivity contribution in [2.24, 2.45) is 0 Å². The van der Waals surface area contributed by atoms with E-state index in [9.17, 15) is 0 Å². The van der Waals surface area contributed by atoms with E-state index in [4.69, 9.17) is 5.73 Å². The van der Waals surface area contributed by atoms with Crippen molar-refractivity contribution >= 4 is 39.0 Å². The van der Waals surface area contributed by atoms with Crippen molar-refractivity contribution in [3.05, 3.63) is 83.9 Å². The standard InChI is InChI=1S/C22H19NS/c1-15-2-4-16(5-3-15)14-24-22-9-7-18-10-19-12-21(23)8-6-17(19)11-20(18)13-22/h2-13H,14,23H2,1H3. The van der Waals surface area contributed by atoms with Gasteiger partial charge in [0.2, 0.25) is 0 Å². The smallest absolute Gasteiger partial charge is 0.0320 e. The van der Waals surface area contributed by atoms with Crippen molar-refractivity contribution in [2.75, 3.05) is 5.73 Å². The maximum Gasteiger partial charge on any atom is 0.0320 e. The Balaban J connectivity index is 1.63. The molecule has 0 heterocycles. The van der Waals surface area contributed by atoms with E-state index in [1.54, 1.807) is 0 Å². The number of nitrogens with two attached hydrogens (primary N) is 1. The number of anilines is 1. The Morgan fingerprint density at radius 2 is 1.38 bits per heavy atom. The highest BCUT2D eigenvalue weighted by Crippen LogP contribution is 2.30. The molecule has 0 radical (unpaired) electrons. The first-order valence-corrected chi connectivity index (χ1v) is 9.07. The molecule has 0 amide bonds. The lowest BCUT2D eigenvalue weighted by Crippen LogP contribution is -1.85. The summed E-state index contributed by atoms with van der Waals surface area (Å²) in [6.07, 6.45) is 0. The number of aryl methyl sites for hydroxylation is 1. The van der Waals surface area contributed by atoms with Gasteiger partial charge in [0, 0.05) is 16.3 Å². The van der Waals surface area contributed by atoms with Crippen LogP contribution >= 0.6 is 11.8 Å². The Morgan fingerprint density at radius 1 is 0.708 bits per heavy atom. The Bertz CT molecular complexity index is 1020. The maximum atomic E-state index is 5.89. The van der Waals surface area contributed by atoms with E-state index in [1.165, 1.54) is 37.6 Å². The van der Waals surface area contributed by atoms with Gasteiger partial charge in [-0.15, -0.1) is 11.8 Å². The SMILES string of the molecule is Cc1ccc(CSc2ccc3cc4cc(N)ccc4cc3c2)cc1. The largest absolute Gasteiger partial charge is 0.399 e. The molecule has 4 aromatic rings. The first-order valence-electron chi connectivity index (χ1n) is 8.09. The van der Waals surface area contributed by atoms with Crippen LogP contribution in [0.1, 0.15) is 11.1 Å². The molecule has 24 heavy (non-hydrogen) atoms. The summed E-state index contributed by atoms with van der Waals surface area (Å²) in [7, 11) is 0. The van der Waals surface area contributed by atoms with E-state index in [-0.39, 0.29) is 0 Å². The fraction of sp³-hybridized carbons (Fsp3) is 0.0909. The number of rotatable bonds is 3. The summed E-state index contributed by atoms with van der Waals surface area (Å²) in [6, 6.07) is 26.0. The van der Waals surface area contributed by atoms with Crippen LogP contribution in [0.2, 0.25) is 0 Å². The second-order valence-electron chi connectivity index (χ2n) is 6.24. The van der Waals surface area contributed by atoms with Crippen LogP contribution in [-0.4, -0.2) is 0 Å². The van der Waals surface area contributed by atoms with E-state index in [2.05, 4.69) is 67.6 Å². The molecular formula is C22H19NS. The van der Waals surface area contributed by atoms with Gasteiger partial charge in [0.15, 0.2) is 0 Å².